The summed E-state index contributed by atoms with van der Waals surface area (Å²) in [5.74, 6) is -0.982. The largest absolute Gasteiger partial charge is 0.479 e. The molecular weight excluding hydrogens is 258 g/mol. The highest BCUT2D eigenvalue weighted by molar-refractivity contribution is 5.82. The zero-order valence-corrected chi connectivity index (χ0v) is 12.4. The topological polar surface area (TPSA) is 66.8 Å². The number of hydrogen-bond donors (Lipinski definition) is 1. The van der Waals surface area contributed by atoms with E-state index in [4.69, 9.17) is 9.84 Å². The van der Waals surface area contributed by atoms with Gasteiger partial charge >= 0.3 is 5.97 Å². The Morgan fingerprint density at radius 2 is 1.70 bits per heavy atom. The molecule has 0 radical (unpaired) electrons. The monoisotopic (exact) mass is 283 g/mol. The number of piperidine rings is 1. The van der Waals surface area contributed by atoms with E-state index in [-0.39, 0.29) is 5.91 Å². The maximum absolute atomic E-state index is 12.4. The first-order valence-electron chi connectivity index (χ1n) is 7.68. The highest BCUT2D eigenvalue weighted by Crippen LogP contribution is 2.38. The molecule has 114 valence electrons. The first kappa shape index (κ1) is 15.3. The number of rotatable bonds is 4. The standard InChI is InChI=1S/C15H25NO4/c1-3-15(4-2)7-9-16(10-8-15)13(17)11-5-6-12(20-11)14(18)19/h11-12H,3-10H2,1-2H3,(H,18,19)/t11-,12+/m0/s1. The number of carbonyl (C=O) groups excluding carboxylic acids is 1. The maximum Gasteiger partial charge on any atom is 0.332 e. The van der Waals surface area contributed by atoms with Gasteiger partial charge in [-0.1, -0.05) is 26.7 Å². The fraction of sp³-hybridized carbons (Fsp3) is 0.867. The van der Waals surface area contributed by atoms with E-state index >= 15 is 0 Å². The van der Waals surface area contributed by atoms with E-state index in [1.807, 2.05) is 4.90 Å². The molecule has 0 spiro atoms. The van der Waals surface area contributed by atoms with Crippen molar-refractivity contribution in [1.29, 1.82) is 0 Å². The smallest absolute Gasteiger partial charge is 0.332 e. The average molecular weight is 283 g/mol. The van der Waals surface area contributed by atoms with Gasteiger partial charge in [-0.25, -0.2) is 4.79 Å². The van der Waals surface area contributed by atoms with Crippen LogP contribution in [-0.4, -0.2) is 47.2 Å². The average Bonchev–Trinajstić information content (AvgIpc) is 2.96. The Balaban J connectivity index is 1.88. The summed E-state index contributed by atoms with van der Waals surface area (Å²) in [4.78, 5) is 25.1. The van der Waals surface area contributed by atoms with Crippen molar-refractivity contribution in [3.05, 3.63) is 0 Å². The SMILES string of the molecule is CCC1(CC)CCN(C(=O)[C@@H]2CC[C@H](C(=O)O)O2)CC1. The second-order valence-electron chi connectivity index (χ2n) is 6.06. The molecule has 2 fully saturated rings. The van der Waals surface area contributed by atoms with Crippen LogP contribution in [0.5, 0.6) is 0 Å². The first-order chi connectivity index (χ1) is 9.51. The molecule has 2 rings (SSSR count). The highest BCUT2D eigenvalue weighted by atomic mass is 16.5. The predicted molar refractivity (Wildman–Crippen MR) is 74.4 cm³/mol. The third-order valence-electron chi connectivity index (χ3n) is 5.21. The summed E-state index contributed by atoms with van der Waals surface area (Å²) in [6, 6.07) is 0. The van der Waals surface area contributed by atoms with Crippen molar-refractivity contribution in [3.63, 3.8) is 0 Å². The van der Waals surface area contributed by atoms with Gasteiger partial charge in [0.1, 0.15) is 6.10 Å². The summed E-state index contributed by atoms with van der Waals surface area (Å²) >= 11 is 0. The lowest BCUT2D eigenvalue weighted by molar-refractivity contribution is -0.155. The molecule has 0 aliphatic carbocycles. The van der Waals surface area contributed by atoms with Gasteiger partial charge in [-0.3, -0.25) is 4.79 Å². The van der Waals surface area contributed by atoms with Crippen LogP contribution in [0.1, 0.15) is 52.4 Å². The van der Waals surface area contributed by atoms with Crippen molar-refractivity contribution in [3.8, 4) is 0 Å². The molecule has 1 amide bonds. The van der Waals surface area contributed by atoms with Crippen molar-refractivity contribution in [2.24, 2.45) is 5.41 Å². The van der Waals surface area contributed by atoms with Gasteiger partial charge in [0.2, 0.25) is 0 Å². The molecule has 2 aliphatic heterocycles. The van der Waals surface area contributed by atoms with E-state index in [0.29, 0.717) is 18.3 Å². The molecule has 0 unspecified atom stereocenters. The van der Waals surface area contributed by atoms with Crippen molar-refractivity contribution in [2.75, 3.05) is 13.1 Å². The number of amides is 1. The molecule has 0 aromatic rings. The Hall–Kier alpha value is -1.10. The van der Waals surface area contributed by atoms with Crippen molar-refractivity contribution in [1.82, 2.24) is 4.90 Å². The molecule has 5 nitrogen and oxygen atoms in total. The molecule has 20 heavy (non-hydrogen) atoms. The third kappa shape index (κ3) is 2.97. The lowest BCUT2D eigenvalue weighted by Gasteiger charge is -2.41. The van der Waals surface area contributed by atoms with E-state index in [2.05, 4.69) is 13.8 Å². The number of aliphatic carboxylic acids is 1. The number of carboxylic acid groups (broad SMARTS) is 1. The Morgan fingerprint density at radius 3 is 2.15 bits per heavy atom. The maximum atomic E-state index is 12.4. The van der Waals surface area contributed by atoms with E-state index in [1.54, 1.807) is 0 Å². The lowest BCUT2D eigenvalue weighted by atomic mass is 9.74. The van der Waals surface area contributed by atoms with Crippen LogP contribution in [0.4, 0.5) is 0 Å². The number of ether oxygens (including phenoxy) is 1. The van der Waals surface area contributed by atoms with Gasteiger partial charge in [-0.15, -0.1) is 0 Å². The summed E-state index contributed by atoms with van der Waals surface area (Å²) in [7, 11) is 0. The lowest BCUT2D eigenvalue weighted by Crippen LogP contribution is -2.46. The predicted octanol–water partition coefficient (Wildman–Crippen LogP) is 2.05. The zero-order chi connectivity index (χ0) is 14.8. The minimum Gasteiger partial charge on any atom is -0.479 e. The summed E-state index contributed by atoms with van der Waals surface area (Å²) < 4.78 is 5.35. The van der Waals surface area contributed by atoms with Crippen LogP contribution in [0.15, 0.2) is 0 Å². The van der Waals surface area contributed by atoms with Gasteiger partial charge in [0, 0.05) is 13.1 Å². The molecule has 0 bridgehead atoms. The Kier molecular flexibility index (Phi) is 4.68. The number of carbonyl (C=O) groups is 2. The van der Waals surface area contributed by atoms with Crippen LogP contribution in [-0.2, 0) is 14.3 Å². The van der Waals surface area contributed by atoms with Crippen LogP contribution >= 0.6 is 0 Å². The van der Waals surface area contributed by atoms with Crippen molar-refractivity contribution in [2.45, 2.75) is 64.6 Å². The summed E-state index contributed by atoms with van der Waals surface area (Å²) in [6.45, 7) is 5.99. The normalized spacial score (nSPS) is 29.4. The Morgan fingerprint density at radius 1 is 1.15 bits per heavy atom. The number of nitrogens with zero attached hydrogens (tertiary/aromatic N) is 1. The van der Waals surface area contributed by atoms with E-state index in [9.17, 15) is 9.59 Å². The number of hydrogen-bond acceptors (Lipinski definition) is 3. The van der Waals surface area contributed by atoms with E-state index in [0.717, 1.165) is 38.8 Å². The molecule has 2 saturated heterocycles. The van der Waals surface area contributed by atoms with Crippen LogP contribution in [0.25, 0.3) is 0 Å². The number of carboxylic acids is 1. The fourth-order valence-corrected chi connectivity index (χ4v) is 3.36. The second-order valence-corrected chi connectivity index (χ2v) is 6.06. The van der Waals surface area contributed by atoms with Crippen LogP contribution in [0.2, 0.25) is 0 Å². The summed E-state index contributed by atoms with van der Waals surface area (Å²) in [5.41, 5.74) is 0.386. The van der Waals surface area contributed by atoms with Gasteiger partial charge in [0.05, 0.1) is 0 Å². The van der Waals surface area contributed by atoms with Crippen LogP contribution in [0.3, 0.4) is 0 Å². The quantitative estimate of drug-likeness (QED) is 0.857. The summed E-state index contributed by atoms with van der Waals surface area (Å²) in [5, 5.41) is 8.91. The summed E-state index contributed by atoms with van der Waals surface area (Å²) in [6.07, 6.45) is 4.01. The number of likely N-dealkylation sites (tertiary alicyclic amines) is 1. The molecule has 1 N–H and O–H groups in total. The fourth-order valence-electron chi connectivity index (χ4n) is 3.36. The second kappa shape index (κ2) is 6.12. The third-order valence-corrected chi connectivity index (χ3v) is 5.21. The van der Waals surface area contributed by atoms with Crippen molar-refractivity contribution >= 4 is 11.9 Å². The van der Waals surface area contributed by atoms with Gasteiger partial charge in [-0.2, -0.15) is 0 Å². The molecular formula is C15H25NO4. The van der Waals surface area contributed by atoms with Gasteiger partial charge in [0.25, 0.3) is 5.91 Å². The van der Waals surface area contributed by atoms with Crippen LogP contribution in [0, 0.1) is 5.41 Å². The molecule has 2 atom stereocenters. The minimum absolute atomic E-state index is 0.0189. The minimum atomic E-state index is -0.963. The molecule has 2 heterocycles. The van der Waals surface area contributed by atoms with Gasteiger partial charge < -0.3 is 14.7 Å². The molecule has 0 aromatic heterocycles. The highest BCUT2D eigenvalue weighted by Gasteiger charge is 2.39. The first-order valence-corrected chi connectivity index (χ1v) is 7.68. The Bertz CT molecular complexity index is 368. The van der Waals surface area contributed by atoms with E-state index in [1.165, 1.54) is 0 Å². The molecule has 0 aromatic carbocycles. The van der Waals surface area contributed by atoms with Gasteiger partial charge in [-0.05, 0) is 31.1 Å². The van der Waals surface area contributed by atoms with E-state index < -0.39 is 18.2 Å². The molecule has 5 heteroatoms. The molecule has 0 saturated carbocycles. The van der Waals surface area contributed by atoms with Gasteiger partial charge in [0.15, 0.2) is 6.10 Å². The van der Waals surface area contributed by atoms with Crippen molar-refractivity contribution < 1.29 is 19.4 Å². The zero-order valence-electron chi connectivity index (χ0n) is 12.4. The Labute approximate surface area is 120 Å². The van der Waals surface area contributed by atoms with Crippen LogP contribution < -0.4 is 0 Å². The molecule has 2 aliphatic rings.